The van der Waals surface area contributed by atoms with Gasteiger partial charge in [-0.25, -0.2) is 4.98 Å². The quantitative estimate of drug-likeness (QED) is 0.767. The monoisotopic (exact) mass is 230 g/mol. The first-order valence-corrected chi connectivity index (χ1v) is 4.92. The molecule has 6 heteroatoms. The van der Waals surface area contributed by atoms with Crippen molar-refractivity contribution in [2.24, 2.45) is 5.18 Å². The molecule has 6 nitrogen and oxygen atoms in total. The number of H-pyrrole nitrogens is 1. The van der Waals surface area contributed by atoms with Crippen molar-refractivity contribution in [3.05, 3.63) is 45.1 Å². The van der Waals surface area contributed by atoms with Crippen LogP contribution in [0.25, 0.3) is 11.4 Å². The number of nitroso groups, excluding NO2 is 1. The van der Waals surface area contributed by atoms with Gasteiger partial charge in [0.2, 0.25) is 5.69 Å². The fraction of sp³-hybridized carbons (Fsp3) is 0.0909. The molecule has 1 aromatic carbocycles. The van der Waals surface area contributed by atoms with E-state index in [2.05, 4.69) is 15.1 Å². The highest BCUT2D eigenvalue weighted by Crippen LogP contribution is 2.21. The molecule has 2 rings (SSSR count). The number of nitrogens with one attached hydrogen (secondary N) is 1. The van der Waals surface area contributed by atoms with E-state index in [1.807, 2.05) is 25.1 Å². The second kappa shape index (κ2) is 4.17. The van der Waals surface area contributed by atoms with E-state index in [1.54, 1.807) is 6.07 Å². The summed E-state index contributed by atoms with van der Waals surface area (Å²) in [4.78, 5) is 28.3. The van der Waals surface area contributed by atoms with Gasteiger partial charge in [0.05, 0.1) is 0 Å². The van der Waals surface area contributed by atoms with Gasteiger partial charge in [-0.2, -0.15) is 0 Å². The van der Waals surface area contributed by atoms with E-state index in [4.69, 9.17) is 5.73 Å². The fourth-order valence-corrected chi connectivity index (χ4v) is 1.54. The molecule has 0 saturated carbocycles. The lowest BCUT2D eigenvalue weighted by atomic mass is 10.1. The minimum Gasteiger partial charge on any atom is -0.382 e. The van der Waals surface area contributed by atoms with Gasteiger partial charge in [0, 0.05) is 5.56 Å². The van der Waals surface area contributed by atoms with E-state index in [9.17, 15) is 9.70 Å². The van der Waals surface area contributed by atoms with Crippen LogP contribution in [0.2, 0.25) is 0 Å². The van der Waals surface area contributed by atoms with Gasteiger partial charge in [0.25, 0.3) is 5.56 Å². The number of nitrogen functional groups attached to an aromatic ring is 1. The highest BCUT2D eigenvalue weighted by molar-refractivity contribution is 5.65. The molecule has 3 N–H and O–H groups in total. The molecule has 0 amide bonds. The Hall–Kier alpha value is -2.50. The number of nitrogens with zero attached hydrogens (tertiary/aromatic N) is 2. The lowest BCUT2D eigenvalue weighted by Gasteiger charge is -2.05. The van der Waals surface area contributed by atoms with Gasteiger partial charge in [-0.05, 0) is 17.7 Å². The average molecular weight is 230 g/mol. The molecule has 1 aromatic heterocycles. The average Bonchev–Trinajstić information content (AvgIpc) is 2.29. The van der Waals surface area contributed by atoms with Crippen LogP contribution in [0.15, 0.2) is 34.2 Å². The van der Waals surface area contributed by atoms with E-state index in [-0.39, 0.29) is 11.5 Å². The molecule has 0 spiro atoms. The Labute approximate surface area is 96.5 Å². The summed E-state index contributed by atoms with van der Waals surface area (Å²) in [6.07, 6.45) is 0. The number of rotatable bonds is 2. The molecular formula is C11H10N4O2. The standard InChI is InChI=1S/C11H10N4O2/c1-6-4-2-3-5-7(6)10-13-9(12)8(15-17)11(16)14-10/h2-5H,1H3,(H3,12,13,14,16). The van der Waals surface area contributed by atoms with Crippen LogP contribution in [-0.2, 0) is 0 Å². The van der Waals surface area contributed by atoms with Crippen molar-refractivity contribution in [1.82, 2.24) is 9.97 Å². The molecule has 0 atom stereocenters. The Morgan fingerprint density at radius 2 is 2.06 bits per heavy atom. The molecule has 86 valence electrons. The molecule has 17 heavy (non-hydrogen) atoms. The molecular weight excluding hydrogens is 220 g/mol. The van der Waals surface area contributed by atoms with Crippen LogP contribution in [0, 0.1) is 11.8 Å². The number of hydrogen-bond acceptors (Lipinski definition) is 5. The number of aromatic amines is 1. The third-order valence-corrected chi connectivity index (χ3v) is 2.41. The van der Waals surface area contributed by atoms with Gasteiger partial charge < -0.3 is 10.7 Å². The largest absolute Gasteiger partial charge is 0.382 e. The first-order valence-electron chi connectivity index (χ1n) is 4.92. The summed E-state index contributed by atoms with van der Waals surface area (Å²) in [5.74, 6) is 0.167. The van der Waals surface area contributed by atoms with Crippen molar-refractivity contribution in [2.45, 2.75) is 6.92 Å². The van der Waals surface area contributed by atoms with Crippen molar-refractivity contribution in [3.63, 3.8) is 0 Å². The van der Waals surface area contributed by atoms with E-state index in [0.717, 1.165) is 11.1 Å². The lowest BCUT2D eigenvalue weighted by molar-refractivity contribution is 1.12. The number of benzene rings is 1. The number of nitrogens with two attached hydrogens (primary N) is 1. The molecule has 1 heterocycles. The molecule has 0 fully saturated rings. The third kappa shape index (κ3) is 1.92. The van der Waals surface area contributed by atoms with Crippen LogP contribution in [0.3, 0.4) is 0 Å². The second-order valence-electron chi connectivity index (χ2n) is 3.55. The molecule has 0 bridgehead atoms. The number of anilines is 1. The Morgan fingerprint density at radius 3 is 2.65 bits per heavy atom. The Bertz CT molecular complexity index is 634. The maximum atomic E-state index is 11.5. The highest BCUT2D eigenvalue weighted by atomic mass is 16.3. The van der Waals surface area contributed by atoms with Gasteiger partial charge >= 0.3 is 0 Å². The van der Waals surface area contributed by atoms with Gasteiger partial charge in [-0.3, -0.25) is 4.79 Å². The molecule has 0 aliphatic heterocycles. The molecule has 0 aliphatic carbocycles. The topological polar surface area (TPSA) is 101 Å². The zero-order valence-corrected chi connectivity index (χ0v) is 9.10. The minimum atomic E-state index is -0.634. The van der Waals surface area contributed by atoms with Crippen molar-refractivity contribution >= 4 is 11.5 Å². The number of aryl methyl sites for hydroxylation is 1. The maximum Gasteiger partial charge on any atom is 0.282 e. The molecule has 0 radical (unpaired) electrons. The minimum absolute atomic E-state index is 0.165. The molecule has 2 aromatic rings. The summed E-state index contributed by atoms with van der Waals surface area (Å²) >= 11 is 0. The Balaban J connectivity index is 2.67. The van der Waals surface area contributed by atoms with Crippen LogP contribution >= 0.6 is 0 Å². The lowest BCUT2D eigenvalue weighted by Crippen LogP contribution is -2.11. The summed E-state index contributed by atoms with van der Waals surface area (Å²) in [6, 6.07) is 7.39. The van der Waals surface area contributed by atoms with Gasteiger partial charge in [0.15, 0.2) is 5.82 Å². The zero-order valence-electron chi connectivity index (χ0n) is 9.10. The Kier molecular flexibility index (Phi) is 2.70. The van der Waals surface area contributed by atoms with Crippen LogP contribution in [-0.4, -0.2) is 9.97 Å². The third-order valence-electron chi connectivity index (χ3n) is 2.41. The van der Waals surface area contributed by atoms with E-state index < -0.39 is 5.56 Å². The van der Waals surface area contributed by atoms with Crippen LogP contribution in [0.5, 0.6) is 0 Å². The second-order valence-corrected chi connectivity index (χ2v) is 3.55. The predicted molar refractivity (Wildman–Crippen MR) is 64.9 cm³/mol. The Morgan fingerprint density at radius 1 is 1.35 bits per heavy atom. The molecule has 0 saturated heterocycles. The van der Waals surface area contributed by atoms with Gasteiger partial charge in [0.1, 0.15) is 5.82 Å². The van der Waals surface area contributed by atoms with Crippen LogP contribution < -0.4 is 11.3 Å². The van der Waals surface area contributed by atoms with Gasteiger partial charge in [-0.1, -0.05) is 24.3 Å². The van der Waals surface area contributed by atoms with E-state index >= 15 is 0 Å². The SMILES string of the molecule is Cc1ccccc1-c1nc(N)c(N=O)c(=O)[nH]1. The molecule has 0 unspecified atom stereocenters. The predicted octanol–water partition coefficient (Wildman–Crippen LogP) is 1.73. The van der Waals surface area contributed by atoms with Crippen LogP contribution in [0.1, 0.15) is 5.56 Å². The summed E-state index contributed by atoms with van der Waals surface area (Å²) < 4.78 is 0. The number of hydrogen-bond donors (Lipinski definition) is 2. The number of aromatic nitrogens is 2. The van der Waals surface area contributed by atoms with E-state index in [1.165, 1.54) is 0 Å². The summed E-state index contributed by atoms with van der Waals surface area (Å²) in [6.45, 7) is 1.89. The highest BCUT2D eigenvalue weighted by Gasteiger charge is 2.11. The molecule has 0 aliphatic rings. The summed E-state index contributed by atoms with van der Waals surface area (Å²) in [5.41, 5.74) is 6.18. The van der Waals surface area contributed by atoms with Crippen molar-refractivity contribution in [1.29, 1.82) is 0 Å². The maximum absolute atomic E-state index is 11.5. The van der Waals surface area contributed by atoms with Crippen molar-refractivity contribution in [3.8, 4) is 11.4 Å². The van der Waals surface area contributed by atoms with Gasteiger partial charge in [-0.15, -0.1) is 4.91 Å². The summed E-state index contributed by atoms with van der Waals surface area (Å²) in [5, 5.41) is 2.55. The fourth-order valence-electron chi connectivity index (χ4n) is 1.54. The van der Waals surface area contributed by atoms with Crippen molar-refractivity contribution in [2.75, 3.05) is 5.73 Å². The van der Waals surface area contributed by atoms with Crippen molar-refractivity contribution < 1.29 is 0 Å². The van der Waals surface area contributed by atoms with E-state index in [0.29, 0.717) is 5.82 Å². The smallest absolute Gasteiger partial charge is 0.282 e. The first kappa shape index (κ1) is 11.0. The van der Waals surface area contributed by atoms with Crippen LogP contribution in [0.4, 0.5) is 11.5 Å². The summed E-state index contributed by atoms with van der Waals surface area (Å²) in [7, 11) is 0. The zero-order chi connectivity index (χ0) is 12.4. The first-order chi connectivity index (χ1) is 8.13. The normalized spacial score (nSPS) is 10.2.